The predicted octanol–water partition coefficient (Wildman–Crippen LogP) is 12.0. The van der Waals surface area contributed by atoms with E-state index in [1.807, 2.05) is 0 Å². The zero-order chi connectivity index (χ0) is 25.5. The highest BCUT2D eigenvalue weighted by Crippen LogP contribution is 2.15. The van der Waals surface area contributed by atoms with E-state index in [9.17, 15) is 5.21 Å². The van der Waals surface area contributed by atoms with Gasteiger partial charge in [0.2, 0.25) is 0 Å². The van der Waals surface area contributed by atoms with Crippen LogP contribution >= 0.6 is 0 Å². The molecule has 0 aromatic rings. The molecule has 0 heterocycles. The number of hydrogen-bond acceptors (Lipinski definition) is 2. The van der Waals surface area contributed by atoms with E-state index >= 15 is 0 Å². The van der Waals surface area contributed by atoms with Crippen molar-refractivity contribution in [3.05, 3.63) is 0 Å². The van der Waals surface area contributed by atoms with Gasteiger partial charge < -0.3 is 5.21 Å². The first-order valence-corrected chi connectivity index (χ1v) is 16.7. The Bertz CT molecular complexity index is 359. The summed E-state index contributed by atoms with van der Waals surface area (Å²) < 4.78 is 0. The Balaban J connectivity index is 3.13. The van der Waals surface area contributed by atoms with Crippen LogP contribution in [0.5, 0.6) is 0 Å². The van der Waals surface area contributed by atoms with Crippen LogP contribution in [0.3, 0.4) is 0 Å². The molecule has 0 aromatic carbocycles. The van der Waals surface area contributed by atoms with E-state index in [0.717, 1.165) is 25.9 Å². The molecule has 0 fully saturated rings. The van der Waals surface area contributed by atoms with Crippen LogP contribution in [0.15, 0.2) is 0 Å². The molecule has 0 aliphatic rings. The van der Waals surface area contributed by atoms with E-state index in [4.69, 9.17) is 0 Å². The van der Waals surface area contributed by atoms with Gasteiger partial charge in [-0.1, -0.05) is 187 Å². The zero-order valence-corrected chi connectivity index (χ0v) is 24.8. The zero-order valence-electron chi connectivity index (χ0n) is 24.8. The Morgan fingerprint density at radius 1 is 0.286 bits per heavy atom. The topological polar surface area (TPSA) is 23.5 Å². The number of rotatable bonds is 31. The van der Waals surface area contributed by atoms with Crippen LogP contribution in [0.1, 0.15) is 200 Å². The minimum atomic E-state index is 0.872. The maximum absolute atomic E-state index is 10.1. The van der Waals surface area contributed by atoms with E-state index in [-0.39, 0.29) is 0 Å². The van der Waals surface area contributed by atoms with E-state index in [0.29, 0.717) is 0 Å². The molecule has 0 unspecified atom stereocenters. The molecule has 0 radical (unpaired) electrons. The fourth-order valence-electron chi connectivity index (χ4n) is 5.27. The Morgan fingerprint density at radius 3 is 0.657 bits per heavy atom. The van der Waals surface area contributed by atoms with Gasteiger partial charge in [0.05, 0.1) is 0 Å². The van der Waals surface area contributed by atoms with Crippen molar-refractivity contribution in [3.8, 4) is 0 Å². The number of hydroxylamine groups is 2. The van der Waals surface area contributed by atoms with Gasteiger partial charge in [-0.05, 0) is 12.8 Å². The van der Waals surface area contributed by atoms with Gasteiger partial charge in [0.25, 0.3) is 0 Å². The minimum absolute atomic E-state index is 0.872. The highest BCUT2D eigenvalue weighted by Gasteiger charge is 2.01. The van der Waals surface area contributed by atoms with Gasteiger partial charge in [-0.3, -0.25) is 0 Å². The SMILES string of the molecule is CCCCCCCCCCCCCCCCCN(O)CCCCCCCCCCCCCCCC. The van der Waals surface area contributed by atoms with Crippen molar-refractivity contribution in [2.45, 2.75) is 200 Å². The fourth-order valence-corrected chi connectivity index (χ4v) is 5.27. The molecule has 212 valence electrons. The van der Waals surface area contributed by atoms with Crippen LogP contribution < -0.4 is 0 Å². The lowest BCUT2D eigenvalue weighted by molar-refractivity contribution is -0.0925. The molecule has 0 bridgehead atoms. The lowest BCUT2D eigenvalue weighted by atomic mass is 10.0. The number of hydrogen-bond donors (Lipinski definition) is 1. The van der Waals surface area contributed by atoms with Crippen LogP contribution in [0.2, 0.25) is 0 Å². The summed E-state index contributed by atoms with van der Waals surface area (Å²) in [6.45, 7) is 6.33. The highest BCUT2D eigenvalue weighted by molar-refractivity contribution is 4.53. The largest absolute Gasteiger partial charge is 0.314 e. The third-order valence-corrected chi connectivity index (χ3v) is 7.79. The molecular formula is C33H69NO. The fraction of sp³-hybridized carbons (Fsp3) is 1.00. The van der Waals surface area contributed by atoms with Crippen LogP contribution in [0.4, 0.5) is 0 Å². The van der Waals surface area contributed by atoms with Crippen molar-refractivity contribution in [2.75, 3.05) is 13.1 Å². The lowest BCUT2D eigenvalue weighted by Gasteiger charge is -2.14. The number of nitrogens with zero attached hydrogens (tertiary/aromatic N) is 1. The summed E-state index contributed by atoms with van der Waals surface area (Å²) >= 11 is 0. The first-order chi connectivity index (χ1) is 17.3. The van der Waals surface area contributed by atoms with Crippen molar-refractivity contribution in [3.63, 3.8) is 0 Å². The molecular weight excluding hydrogens is 426 g/mol. The molecule has 0 saturated heterocycles. The summed E-state index contributed by atoms with van der Waals surface area (Å²) in [5, 5.41) is 11.7. The molecule has 1 N–H and O–H groups in total. The van der Waals surface area contributed by atoms with Crippen LogP contribution in [0, 0.1) is 0 Å². The van der Waals surface area contributed by atoms with Gasteiger partial charge in [0.15, 0.2) is 0 Å². The van der Waals surface area contributed by atoms with Gasteiger partial charge in [-0.2, -0.15) is 5.06 Å². The Hall–Kier alpha value is -0.0800. The van der Waals surface area contributed by atoms with Crippen molar-refractivity contribution >= 4 is 0 Å². The van der Waals surface area contributed by atoms with Gasteiger partial charge in [-0.25, -0.2) is 0 Å². The van der Waals surface area contributed by atoms with Gasteiger partial charge in [0, 0.05) is 13.1 Å². The maximum atomic E-state index is 10.1. The summed E-state index contributed by atoms with van der Waals surface area (Å²) in [5.41, 5.74) is 0. The molecule has 0 spiro atoms. The molecule has 0 saturated carbocycles. The third-order valence-electron chi connectivity index (χ3n) is 7.79. The molecule has 0 atom stereocenters. The first kappa shape index (κ1) is 34.9. The second kappa shape index (κ2) is 31.9. The third kappa shape index (κ3) is 31.9. The molecule has 0 rings (SSSR count). The highest BCUT2D eigenvalue weighted by atomic mass is 16.5. The summed E-state index contributed by atoms with van der Waals surface area (Å²) in [4.78, 5) is 0. The predicted molar refractivity (Wildman–Crippen MR) is 159 cm³/mol. The lowest BCUT2D eigenvalue weighted by Crippen LogP contribution is -2.21. The maximum Gasteiger partial charge on any atom is 0.0238 e. The molecule has 0 aromatic heterocycles. The van der Waals surface area contributed by atoms with Gasteiger partial charge in [0.1, 0.15) is 0 Å². The Labute approximate surface area is 223 Å². The van der Waals surface area contributed by atoms with E-state index in [2.05, 4.69) is 13.8 Å². The number of unbranched alkanes of at least 4 members (excludes halogenated alkanes) is 27. The van der Waals surface area contributed by atoms with Crippen LogP contribution in [0.25, 0.3) is 0 Å². The summed E-state index contributed by atoms with van der Waals surface area (Å²) in [6, 6.07) is 0. The molecule has 2 nitrogen and oxygen atoms in total. The van der Waals surface area contributed by atoms with E-state index in [1.54, 1.807) is 5.06 Å². The average molecular weight is 496 g/mol. The smallest absolute Gasteiger partial charge is 0.0238 e. The summed E-state index contributed by atoms with van der Waals surface area (Å²) in [7, 11) is 0. The second-order valence-corrected chi connectivity index (χ2v) is 11.5. The molecule has 0 amide bonds. The van der Waals surface area contributed by atoms with Crippen molar-refractivity contribution in [2.24, 2.45) is 0 Å². The van der Waals surface area contributed by atoms with Gasteiger partial charge in [-0.15, -0.1) is 0 Å². The van der Waals surface area contributed by atoms with Crippen molar-refractivity contribution in [1.29, 1.82) is 0 Å². The summed E-state index contributed by atoms with van der Waals surface area (Å²) in [5.74, 6) is 0. The molecule has 2 heteroatoms. The Morgan fingerprint density at radius 2 is 0.457 bits per heavy atom. The van der Waals surface area contributed by atoms with Crippen molar-refractivity contribution < 1.29 is 5.21 Å². The first-order valence-electron chi connectivity index (χ1n) is 16.7. The van der Waals surface area contributed by atoms with Gasteiger partial charge >= 0.3 is 0 Å². The van der Waals surface area contributed by atoms with Crippen molar-refractivity contribution in [1.82, 2.24) is 5.06 Å². The molecule has 35 heavy (non-hydrogen) atoms. The average Bonchev–Trinajstić information content (AvgIpc) is 2.86. The second-order valence-electron chi connectivity index (χ2n) is 11.5. The standard InChI is InChI=1S/C33H69NO/c1-3-5-7-9-11-13-15-17-19-21-23-25-27-29-31-33-34(35)32-30-28-26-24-22-20-18-16-14-12-10-8-6-4-2/h35H,3-33H2,1-2H3. The quantitative estimate of drug-likeness (QED) is 0.0763. The monoisotopic (exact) mass is 496 g/mol. The molecule has 0 aliphatic heterocycles. The van der Waals surface area contributed by atoms with Crippen LogP contribution in [-0.4, -0.2) is 23.4 Å². The van der Waals surface area contributed by atoms with Crippen LogP contribution in [-0.2, 0) is 0 Å². The van der Waals surface area contributed by atoms with E-state index < -0.39 is 0 Å². The molecule has 0 aliphatic carbocycles. The summed E-state index contributed by atoms with van der Waals surface area (Å²) in [6.07, 6.45) is 40.5. The minimum Gasteiger partial charge on any atom is -0.314 e. The Kier molecular flexibility index (Phi) is 31.9. The van der Waals surface area contributed by atoms with E-state index in [1.165, 1.54) is 173 Å². The normalized spacial score (nSPS) is 11.7.